The van der Waals surface area contributed by atoms with Gasteiger partial charge in [0.2, 0.25) is 0 Å². The highest BCUT2D eigenvalue weighted by atomic mass is 16.4. The van der Waals surface area contributed by atoms with Gasteiger partial charge in [0.05, 0.1) is 5.41 Å². The monoisotopic (exact) mass is 240 g/mol. The first-order valence-corrected chi connectivity index (χ1v) is 5.87. The number of carboxylic acids is 1. The van der Waals surface area contributed by atoms with Gasteiger partial charge in [-0.3, -0.25) is 4.79 Å². The van der Waals surface area contributed by atoms with Crippen LogP contribution in [0.5, 0.6) is 0 Å². The summed E-state index contributed by atoms with van der Waals surface area (Å²) in [6.45, 7) is 6.72. The SMILES string of the molecule is C=CCCNC(=O)N1CCCC(C)(C(=O)O)C1. The lowest BCUT2D eigenvalue weighted by molar-refractivity contribution is -0.150. The van der Waals surface area contributed by atoms with Gasteiger partial charge in [0.25, 0.3) is 0 Å². The molecule has 1 rings (SSSR count). The van der Waals surface area contributed by atoms with Gasteiger partial charge in [0, 0.05) is 19.6 Å². The van der Waals surface area contributed by atoms with Crippen molar-refractivity contribution in [2.45, 2.75) is 26.2 Å². The third-order valence-electron chi connectivity index (χ3n) is 3.12. The molecule has 5 heteroatoms. The standard InChI is InChI=1S/C12H20N2O3/c1-3-4-7-13-11(17)14-8-5-6-12(2,9-14)10(15)16/h3H,1,4-9H2,2H3,(H,13,17)(H,15,16). The second kappa shape index (κ2) is 5.70. The first kappa shape index (κ1) is 13.5. The molecule has 1 fully saturated rings. The van der Waals surface area contributed by atoms with Crippen LogP contribution < -0.4 is 5.32 Å². The van der Waals surface area contributed by atoms with Crippen LogP contribution in [0, 0.1) is 5.41 Å². The number of rotatable bonds is 4. The van der Waals surface area contributed by atoms with Gasteiger partial charge in [0.15, 0.2) is 0 Å². The number of amides is 2. The fraction of sp³-hybridized carbons (Fsp3) is 0.667. The fourth-order valence-electron chi connectivity index (χ4n) is 1.98. The van der Waals surface area contributed by atoms with Gasteiger partial charge in [-0.05, 0) is 26.2 Å². The van der Waals surface area contributed by atoms with Crippen LogP contribution in [0.1, 0.15) is 26.2 Å². The lowest BCUT2D eigenvalue weighted by Gasteiger charge is -2.37. The lowest BCUT2D eigenvalue weighted by Crippen LogP contribution is -2.51. The molecule has 1 heterocycles. The number of carbonyl (C=O) groups excluding carboxylic acids is 1. The van der Waals surface area contributed by atoms with Gasteiger partial charge in [-0.15, -0.1) is 6.58 Å². The van der Waals surface area contributed by atoms with E-state index in [0.717, 1.165) is 12.8 Å². The molecule has 1 unspecified atom stereocenters. The predicted molar refractivity (Wildman–Crippen MR) is 64.8 cm³/mol. The van der Waals surface area contributed by atoms with Gasteiger partial charge < -0.3 is 15.3 Å². The summed E-state index contributed by atoms with van der Waals surface area (Å²) in [7, 11) is 0. The van der Waals surface area contributed by atoms with Gasteiger partial charge in [-0.25, -0.2) is 4.79 Å². The van der Waals surface area contributed by atoms with E-state index in [1.54, 1.807) is 17.9 Å². The third kappa shape index (κ3) is 3.47. The summed E-state index contributed by atoms with van der Waals surface area (Å²) in [4.78, 5) is 24.5. The van der Waals surface area contributed by atoms with Crippen LogP contribution in [-0.4, -0.2) is 41.6 Å². The molecule has 17 heavy (non-hydrogen) atoms. The highest BCUT2D eigenvalue weighted by Crippen LogP contribution is 2.29. The van der Waals surface area contributed by atoms with Crippen LogP contribution in [0.25, 0.3) is 0 Å². The maximum atomic E-state index is 11.8. The third-order valence-corrected chi connectivity index (χ3v) is 3.12. The summed E-state index contributed by atoms with van der Waals surface area (Å²) < 4.78 is 0. The minimum absolute atomic E-state index is 0.181. The molecule has 0 aromatic rings. The Balaban J connectivity index is 2.51. The zero-order valence-electron chi connectivity index (χ0n) is 10.2. The van der Waals surface area contributed by atoms with E-state index in [4.69, 9.17) is 5.11 Å². The summed E-state index contributed by atoms with van der Waals surface area (Å²) in [5.41, 5.74) is -0.811. The van der Waals surface area contributed by atoms with Crippen molar-refractivity contribution >= 4 is 12.0 Å². The number of aliphatic carboxylic acids is 1. The molecule has 0 aromatic carbocycles. The van der Waals surface area contributed by atoms with E-state index in [1.807, 2.05) is 0 Å². The zero-order chi connectivity index (χ0) is 12.9. The Bertz CT molecular complexity index is 317. The van der Waals surface area contributed by atoms with Crippen molar-refractivity contribution in [3.8, 4) is 0 Å². The Morgan fingerprint density at radius 1 is 1.59 bits per heavy atom. The van der Waals surface area contributed by atoms with E-state index in [1.165, 1.54) is 0 Å². The van der Waals surface area contributed by atoms with Crippen LogP contribution in [0.15, 0.2) is 12.7 Å². The van der Waals surface area contributed by atoms with Gasteiger partial charge in [0.1, 0.15) is 0 Å². The Labute approximate surface area is 101 Å². The van der Waals surface area contributed by atoms with Crippen molar-refractivity contribution in [2.24, 2.45) is 5.41 Å². The highest BCUT2D eigenvalue weighted by Gasteiger charge is 2.39. The molecule has 0 radical (unpaired) electrons. The number of carboxylic acid groups (broad SMARTS) is 1. The Morgan fingerprint density at radius 2 is 2.29 bits per heavy atom. The highest BCUT2D eigenvalue weighted by molar-refractivity contribution is 5.78. The number of nitrogens with zero attached hydrogens (tertiary/aromatic N) is 1. The van der Waals surface area contributed by atoms with Crippen LogP contribution in [0.4, 0.5) is 4.79 Å². The normalized spacial score (nSPS) is 24.2. The van der Waals surface area contributed by atoms with E-state index in [9.17, 15) is 9.59 Å². The molecule has 0 saturated carbocycles. The summed E-state index contributed by atoms with van der Waals surface area (Å²) >= 11 is 0. The molecule has 0 bridgehead atoms. The molecular weight excluding hydrogens is 220 g/mol. The number of hydrogen-bond donors (Lipinski definition) is 2. The van der Waals surface area contributed by atoms with E-state index in [0.29, 0.717) is 19.5 Å². The number of piperidine rings is 1. The zero-order valence-corrected chi connectivity index (χ0v) is 10.2. The summed E-state index contributed by atoms with van der Waals surface area (Å²) in [6, 6.07) is -0.181. The van der Waals surface area contributed by atoms with E-state index < -0.39 is 11.4 Å². The minimum atomic E-state index is -0.832. The molecule has 96 valence electrons. The van der Waals surface area contributed by atoms with Crippen molar-refractivity contribution < 1.29 is 14.7 Å². The molecule has 2 amide bonds. The quantitative estimate of drug-likeness (QED) is 0.577. The van der Waals surface area contributed by atoms with Gasteiger partial charge >= 0.3 is 12.0 Å². The molecule has 5 nitrogen and oxygen atoms in total. The van der Waals surface area contributed by atoms with Crippen molar-refractivity contribution in [1.29, 1.82) is 0 Å². The predicted octanol–water partition coefficient (Wildman–Crippen LogP) is 1.46. The Hall–Kier alpha value is -1.52. The maximum Gasteiger partial charge on any atom is 0.317 e. The van der Waals surface area contributed by atoms with Gasteiger partial charge in [-0.2, -0.15) is 0 Å². The molecule has 0 aromatic heterocycles. The van der Waals surface area contributed by atoms with Crippen LogP contribution in [0.2, 0.25) is 0 Å². The Kier molecular flexibility index (Phi) is 4.54. The number of carbonyl (C=O) groups is 2. The van der Waals surface area contributed by atoms with E-state index in [-0.39, 0.29) is 12.6 Å². The first-order valence-electron chi connectivity index (χ1n) is 5.87. The lowest BCUT2D eigenvalue weighted by atomic mass is 9.82. The molecule has 1 aliphatic rings. The number of nitrogens with one attached hydrogen (secondary N) is 1. The van der Waals surface area contributed by atoms with E-state index in [2.05, 4.69) is 11.9 Å². The molecular formula is C12H20N2O3. The first-order chi connectivity index (χ1) is 7.99. The molecule has 1 saturated heterocycles. The summed E-state index contributed by atoms with van der Waals surface area (Å²) in [6.07, 6.45) is 3.81. The Morgan fingerprint density at radius 3 is 2.88 bits per heavy atom. The van der Waals surface area contributed by atoms with Crippen molar-refractivity contribution in [3.63, 3.8) is 0 Å². The summed E-state index contributed by atoms with van der Waals surface area (Å²) in [5.74, 6) is -0.832. The minimum Gasteiger partial charge on any atom is -0.481 e. The largest absolute Gasteiger partial charge is 0.481 e. The molecule has 2 N–H and O–H groups in total. The topological polar surface area (TPSA) is 69.6 Å². The number of likely N-dealkylation sites (tertiary alicyclic amines) is 1. The maximum absolute atomic E-state index is 11.8. The number of hydrogen-bond acceptors (Lipinski definition) is 2. The smallest absolute Gasteiger partial charge is 0.317 e. The number of urea groups is 1. The average molecular weight is 240 g/mol. The van der Waals surface area contributed by atoms with Crippen LogP contribution in [-0.2, 0) is 4.79 Å². The fourth-order valence-corrected chi connectivity index (χ4v) is 1.98. The van der Waals surface area contributed by atoms with Crippen molar-refractivity contribution in [2.75, 3.05) is 19.6 Å². The summed E-state index contributed by atoms with van der Waals surface area (Å²) in [5, 5.41) is 11.9. The van der Waals surface area contributed by atoms with Crippen molar-refractivity contribution in [1.82, 2.24) is 10.2 Å². The van der Waals surface area contributed by atoms with Crippen molar-refractivity contribution in [3.05, 3.63) is 12.7 Å². The van der Waals surface area contributed by atoms with Crippen LogP contribution >= 0.6 is 0 Å². The van der Waals surface area contributed by atoms with Gasteiger partial charge in [-0.1, -0.05) is 6.08 Å². The average Bonchev–Trinajstić information content (AvgIpc) is 2.29. The molecule has 1 atom stereocenters. The molecule has 1 aliphatic heterocycles. The van der Waals surface area contributed by atoms with Crippen LogP contribution in [0.3, 0.4) is 0 Å². The molecule has 0 aliphatic carbocycles. The van der Waals surface area contributed by atoms with E-state index >= 15 is 0 Å². The second-order valence-electron chi connectivity index (χ2n) is 4.70. The molecule has 0 spiro atoms. The second-order valence-corrected chi connectivity index (χ2v) is 4.70.